The highest BCUT2D eigenvalue weighted by atomic mass is 16.2. The zero-order chi connectivity index (χ0) is 18.4. The highest BCUT2D eigenvalue weighted by Crippen LogP contribution is 2.46. The highest BCUT2D eigenvalue weighted by molar-refractivity contribution is 6.05. The molecular weight excluding hydrogens is 336 g/mol. The molecule has 132 valence electrons. The molecule has 1 aromatic heterocycles. The van der Waals surface area contributed by atoms with E-state index in [1.54, 1.807) is 4.68 Å². The van der Waals surface area contributed by atoms with Crippen molar-refractivity contribution in [3.63, 3.8) is 0 Å². The Morgan fingerprint density at radius 2 is 1.52 bits per heavy atom. The Morgan fingerprint density at radius 3 is 2.30 bits per heavy atom. The van der Waals surface area contributed by atoms with Crippen molar-refractivity contribution in [3.8, 4) is 0 Å². The molecule has 0 radical (unpaired) electrons. The molecule has 1 fully saturated rings. The summed E-state index contributed by atoms with van der Waals surface area (Å²) in [5.74, 6) is 0.0309. The summed E-state index contributed by atoms with van der Waals surface area (Å²) < 4.78 is 1.76. The van der Waals surface area contributed by atoms with E-state index >= 15 is 0 Å². The Balaban J connectivity index is 1.63. The van der Waals surface area contributed by atoms with Crippen molar-refractivity contribution in [2.24, 2.45) is 0 Å². The molecule has 1 amide bonds. The number of benzene rings is 3. The van der Waals surface area contributed by atoms with Crippen LogP contribution in [0.3, 0.4) is 0 Å². The van der Waals surface area contributed by atoms with Crippen LogP contribution in [-0.2, 0) is 4.79 Å². The van der Waals surface area contributed by atoms with Gasteiger partial charge in [0.25, 0.3) is 5.91 Å². The summed E-state index contributed by atoms with van der Waals surface area (Å²) in [5.41, 5.74) is 4.83. The predicted molar refractivity (Wildman–Crippen MR) is 104 cm³/mol. The van der Waals surface area contributed by atoms with E-state index in [1.165, 1.54) is 5.56 Å². The lowest BCUT2D eigenvalue weighted by atomic mass is 9.87. The lowest BCUT2D eigenvalue weighted by Crippen LogP contribution is -2.56. The zero-order valence-electron chi connectivity index (χ0n) is 14.9. The maximum atomic E-state index is 13.2. The van der Waals surface area contributed by atoms with Crippen LogP contribution in [0.4, 0.5) is 5.69 Å². The standard InChI is InChI=1S/C22H18N4O/c1-15-11-13-17(14-12-15)25-20(16-7-3-2-4-8-16)21(22(25)27)26-19-10-6-5-9-18(19)23-24-26/h2-14,20-21H,1H3/t20-,21-/m1/s1. The van der Waals surface area contributed by atoms with Crippen LogP contribution in [-0.4, -0.2) is 20.9 Å². The van der Waals surface area contributed by atoms with E-state index in [2.05, 4.69) is 22.4 Å². The van der Waals surface area contributed by atoms with Crippen molar-refractivity contribution < 1.29 is 4.79 Å². The minimum absolute atomic E-state index is 0.0309. The van der Waals surface area contributed by atoms with Gasteiger partial charge in [-0.3, -0.25) is 4.79 Å². The van der Waals surface area contributed by atoms with Crippen LogP contribution in [0.1, 0.15) is 23.2 Å². The molecule has 5 heteroatoms. The molecule has 4 aromatic rings. The number of aromatic nitrogens is 3. The van der Waals surface area contributed by atoms with Crippen molar-refractivity contribution >= 4 is 22.6 Å². The third-order valence-corrected chi connectivity index (χ3v) is 5.16. The summed E-state index contributed by atoms with van der Waals surface area (Å²) in [4.78, 5) is 15.1. The maximum absolute atomic E-state index is 13.2. The van der Waals surface area contributed by atoms with E-state index < -0.39 is 6.04 Å². The van der Waals surface area contributed by atoms with Crippen molar-refractivity contribution in [2.45, 2.75) is 19.0 Å². The fraction of sp³-hybridized carbons (Fsp3) is 0.136. The van der Waals surface area contributed by atoms with Crippen LogP contribution < -0.4 is 4.90 Å². The van der Waals surface area contributed by atoms with Gasteiger partial charge in [-0.25, -0.2) is 4.68 Å². The second-order valence-corrected chi connectivity index (χ2v) is 6.87. The van der Waals surface area contributed by atoms with E-state index in [-0.39, 0.29) is 11.9 Å². The third-order valence-electron chi connectivity index (χ3n) is 5.16. The number of hydrogen-bond acceptors (Lipinski definition) is 3. The number of para-hydroxylation sites is 1. The monoisotopic (exact) mass is 354 g/mol. The van der Waals surface area contributed by atoms with E-state index in [1.807, 2.05) is 78.6 Å². The van der Waals surface area contributed by atoms with Gasteiger partial charge in [0.2, 0.25) is 0 Å². The minimum Gasteiger partial charge on any atom is -0.300 e. The first-order valence-electron chi connectivity index (χ1n) is 8.99. The maximum Gasteiger partial charge on any atom is 0.255 e. The highest BCUT2D eigenvalue weighted by Gasteiger charge is 2.51. The first-order valence-corrected chi connectivity index (χ1v) is 8.99. The lowest BCUT2D eigenvalue weighted by molar-refractivity contribution is -0.129. The van der Waals surface area contributed by atoms with Crippen LogP contribution in [0.15, 0.2) is 78.9 Å². The lowest BCUT2D eigenvalue weighted by Gasteiger charge is -2.47. The van der Waals surface area contributed by atoms with Gasteiger partial charge in [0.1, 0.15) is 5.52 Å². The van der Waals surface area contributed by atoms with Gasteiger partial charge in [-0.2, -0.15) is 0 Å². The summed E-state index contributed by atoms with van der Waals surface area (Å²) in [6, 6.07) is 25.4. The third kappa shape index (κ3) is 2.43. The van der Waals surface area contributed by atoms with Crippen LogP contribution >= 0.6 is 0 Å². The average molecular weight is 354 g/mol. The Hall–Kier alpha value is -3.47. The number of rotatable bonds is 3. The van der Waals surface area contributed by atoms with E-state index in [4.69, 9.17) is 0 Å². The Bertz CT molecular complexity index is 1120. The normalized spacial score (nSPS) is 19.3. The van der Waals surface area contributed by atoms with Crippen molar-refractivity contribution in [2.75, 3.05) is 4.90 Å². The molecule has 2 atom stereocenters. The Kier molecular flexibility index (Phi) is 3.53. The van der Waals surface area contributed by atoms with Gasteiger partial charge in [0, 0.05) is 5.69 Å². The summed E-state index contributed by atoms with van der Waals surface area (Å²) in [6.45, 7) is 2.04. The van der Waals surface area contributed by atoms with Crippen LogP contribution in [0.25, 0.3) is 11.0 Å². The summed E-state index contributed by atoms with van der Waals surface area (Å²) in [6.07, 6.45) is 0. The molecule has 0 spiro atoms. The van der Waals surface area contributed by atoms with E-state index in [9.17, 15) is 4.79 Å². The predicted octanol–water partition coefficient (Wildman–Crippen LogP) is 4.07. The number of carbonyl (C=O) groups is 1. The quantitative estimate of drug-likeness (QED) is 0.521. The number of anilines is 1. The summed E-state index contributed by atoms with van der Waals surface area (Å²) >= 11 is 0. The molecule has 1 aliphatic heterocycles. The number of aryl methyl sites for hydroxylation is 1. The number of hydrogen-bond donors (Lipinski definition) is 0. The Morgan fingerprint density at radius 1 is 0.815 bits per heavy atom. The number of β-lactam (4-membered cyclic amide) rings is 1. The van der Waals surface area contributed by atoms with Crippen molar-refractivity contribution in [1.82, 2.24) is 15.0 Å². The first kappa shape index (κ1) is 15.8. The molecule has 27 heavy (non-hydrogen) atoms. The Labute approximate surface area is 156 Å². The van der Waals surface area contributed by atoms with Gasteiger partial charge in [-0.05, 0) is 36.8 Å². The molecule has 3 aromatic carbocycles. The van der Waals surface area contributed by atoms with Gasteiger partial charge in [0.05, 0.1) is 11.6 Å². The minimum atomic E-state index is -0.402. The molecule has 0 bridgehead atoms. The summed E-state index contributed by atoms with van der Waals surface area (Å²) in [7, 11) is 0. The molecule has 5 nitrogen and oxygen atoms in total. The number of fused-ring (bicyclic) bond motifs is 1. The fourth-order valence-corrected chi connectivity index (χ4v) is 3.78. The average Bonchev–Trinajstić information content (AvgIpc) is 3.12. The molecule has 0 saturated carbocycles. The molecule has 2 heterocycles. The van der Waals surface area contributed by atoms with Gasteiger partial charge in [0.15, 0.2) is 6.04 Å². The smallest absolute Gasteiger partial charge is 0.255 e. The topological polar surface area (TPSA) is 51.0 Å². The molecule has 0 N–H and O–H groups in total. The van der Waals surface area contributed by atoms with Gasteiger partial charge in [-0.1, -0.05) is 65.4 Å². The van der Waals surface area contributed by atoms with Gasteiger partial charge in [-0.15, -0.1) is 5.10 Å². The summed E-state index contributed by atoms with van der Waals surface area (Å²) in [5, 5.41) is 8.54. The van der Waals surface area contributed by atoms with Crippen LogP contribution in [0.2, 0.25) is 0 Å². The molecule has 1 saturated heterocycles. The molecular formula is C22H18N4O. The van der Waals surface area contributed by atoms with Crippen LogP contribution in [0.5, 0.6) is 0 Å². The largest absolute Gasteiger partial charge is 0.300 e. The van der Waals surface area contributed by atoms with E-state index in [0.29, 0.717) is 0 Å². The van der Waals surface area contributed by atoms with Gasteiger partial charge < -0.3 is 4.90 Å². The molecule has 0 aliphatic carbocycles. The first-order chi connectivity index (χ1) is 13.2. The molecule has 0 unspecified atom stereocenters. The van der Waals surface area contributed by atoms with Crippen LogP contribution in [0, 0.1) is 6.92 Å². The van der Waals surface area contributed by atoms with Crippen molar-refractivity contribution in [3.05, 3.63) is 90.0 Å². The van der Waals surface area contributed by atoms with E-state index in [0.717, 1.165) is 22.3 Å². The molecule has 5 rings (SSSR count). The SMILES string of the molecule is Cc1ccc(N2C(=O)[C@H](n3nnc4ccccc43)[C@H]2c2ccccc2)cc1. The fourth-order valence-electron chi connectivity index (χ4n) is 3.78. The second kappa shape index (κ2) is 6.06. The number of amides is 1. The zero-order valence-corrected chi connectivity index (χ0v) is 14.9. The number of nitrogens with zero attached hydrogens (tertiary/aromatic N) is 4. The van der Waals surface area contributed by atoms with Gasteiger partial charge >= 0.3 is 0 Å². The van der Waals surface area contributed by atoms with Crippen molar-refractivity contribution in [1.29, 1.82) is 0 Å². The molecule has 1 aliphatic rings. The number of carbonyl (C=O) groups excluding carboxylic acids is 1. The second-order valence-electron chi connectivity index (χ2n) is 6.87.